The van der Waals surface area contributed by atoms with Gasteiger partial charge in [0.15, 0.2) is 8.32 Å². The number of alkyl halides is 1. The topological polar surface area (TPSA) is 63.2 Å². The van der Waals surface area contributed by atoms with E-state index >= 15 is 4.39 Å². The number of nitrogens with one attached hydrogen (secondary N) is 2. The van der Waals surface area contributed by atoms with Gasteiger partial charge < -0.3 is 15.1 Å². The van der Waals surface area contributed by atoms with Crippen LogP contribution in [0.5, 0.6) is 0 Å². The predicted molar refractivity (Wildman–Crippen MR) is 104 cm³/mol. The molecule has 2 heterocycles. The van der Waals surface area contributed by atoms with Crippen LogP contribution in [-0.2, 0) is 9.22 Å². The van der Waals surface area contributed by atoms with Gasteiger partial charge in [-0.25, -0.2) is 9.37 Å². The van der Waals surface area contributed by atoms with Crippen LogP contribution in [0.3, 0.4) is 0 Å². The van der Waals surface area contributed by atoms with Gasteiger partial charge in [0.05, 0.1) is 12.6 Å². The number of amides is 1. The molecule has 0 saturated carbocycles. The van der Waals surface area contributed by atoms with Crippen molar-refractivity contribution in [2.75, 3.05) is 18.5 Å². The summed E-state index contributed by atoms with van der Waals surface area (Å²) in [4.78, 5) is 16.5. The van der Waals surface area contributed by atoms with E-state index in [1.807, 2.05) is 0 Å². The molecule has 0 radical (unpaired) electrons. The van der Waals surface area contributed by atoms with Gasteiger partial charge in [0, 0.05) is 13.0 Å². The first-order valence-corrected chi connectivity index (χ1v) is 12.1. The van der Waals surface area contributed by atoms with E-state index in [9.17, 15) is 4.79 Å². The van der Waals surface area contributed by atoms with Gasteiger partial charge in [-0.15, -0.1) is 0 Å². The van der Waals surface area contributed by atoms with Crippen molar-refractivity contribution < 1.29 is 13.6 Å². The molecule has 0 bridgehead atoms. The highest BCUT2D eigenvalue weighted by Crippen LogP contribution is 2.38. The highest BCUT2D eigenvalue weighted by molar-refractivity contribution is 9.10. The molecule has 2 atom stereocenters. The molecule has 1 aromatic heterocycles. The average Bonchev–Trinajstić information content (AvgIpc) is 2.88. The molecular weight excluding hydrogens is 405 g/mol. The van der Waals surface area contributed by atoms with E-state index in [0.717, 1.165) is 0 Å². The van der Waals surface area contributed by atoms with Gasteiger partial charge >= 0.3 is 0 Å². The lowest BCUT2D eigenvalue weighted by Gasteiger charge is -2.37. The lowest BCUT2D eigenvalue weighted by atomic mass is 10.0. The van der Waals surface area contributed by atoms with Gasteiger partial charge in [0.2, 0.25) is 5.91 Å². The number of carbonyl (C=O) groups is 1. The first kappa shape index (κ1) is 20.5. The maximum atomic E-state index is 15.1. The molecule has 1 amide bonds. The Kier molecular flexibility index (Phi) is 6.08. The summed E-state index contributed by atoms with van der Waals surface area (Å²) in [6, 6.07) is 4.66. The highest BCUT2D eigenvalue weighted by Gasteiger charge is 2.45. The van der Waals surface area contributed by atoms with Crippen molar-refractivity contribution in [2.24, 2.45) is 0 Å². The number of rotatable bonds is 5. The van der Waals surface area contributed by atoms with Crippen LogP contribution in [0.2, 0.25) is 18.1 Å². The summed E-state index contributed by atoms with van der Waals surface area (Å²) in [6.07, 6.45) is 0.0987. The van der Waals surface area contributed by atoms with Crippen molar-refractivity contribution in [3.63, 3.8) is 0 Å². The van der Waals surface area contributed by atoms with Crippen molar-refractivity contribution in [1.29, 1.82) is 0 Å². The summed E-state index contributed by atoms with van der Waals surface area (Å²) in [6.45, 7) is 10.7. The fourth-order valence-electron chi connectivity index (χ4n) is 2.33. The van der Waals surface area contributed by atoms with E-state index in [1.165, 1.54) is 0 Å². The van der Waals surface area contributed by atoms with Gasteiger partial charge in [0.1, 0.15) is 16.1 Å². The molecule has 1 aromatic rings. The maximum Gasteiger partial charge on any atom is 0.242 e. The van der Waals surface area contributed by atoms with Crippen LogP contribution < -0.4 is 10.6 Å². The van der Waals surface area contributed by atoms with Crippen molar-refractivity contribution in [2.45, 2.75) is 57.0 Å². The Labute approximate surface area is 158 Å². The molecular formula is C17H27BrFN3O2Si. The van der Waals surface area contributed by atoms with Crippen LogP contribution in [-0.4, -0.2) is 44.1 Å². The molecule has 0 aromatic carbocycles. The number of halogens is 2. The lowest BCUT2D eigenvalue weighted by molar-refractivity contribution is -0.118. The predicted octanol–water partition coefficient (Wildman–Crippen LogP) is 3.87. The molecule has 0 aliphatic carbocycles. The second kappa shape index (κ2) is 7.42. The SMILES string of the molecule is CC(C)(C)[Si](C)(C)OC[C@]1(F)CN[C@H](C(=O)Nc2cccc(Br)n2)C1. The maximum absolute atomic E-state index is 15.1. The minimum Gasteiger partial charge on any atom is -0.414 e. The Bertz CT molecular complexity index is 639. The molecule has 140 valence electrons. The van der Waals surface area contributed by atoms with Crippen LogP contribution in [0, 0.1) is 0 Å². The monoisotopic (exact) mass is 431 g/mol. The molecule has 1 aliphatic heterocycles. The lowest BCUT2D eigenvalue weighted by Crippen LogP contribution is -2.45. The number of carbonyl (C=O) groups excluding carboxylic acids is 1. The molecule has 1 fully saturated rings. The molecule has 1 aliphatic rings. The van der Waals surface area contributed by atoms with Gasteiger partial charge in [-0.1, -0.05) is 26.8 Å². The van der Waals surface area contributed by atoms with E-state index in [2.05, 4.69) is 65.4 Å². The van der Waals surface area contributed by atoms with E-state index in [0.29, 0.717) is 10.4 Å². The Morgan fingerprint density at radius 3 is 2.80 bits per heavy atom. The summed E-state index contributed by atoms with van der Waals surface area (Å²) < 4.78 is 21.7. The minimum absolute atomic E-state index is 0.0232. The summed E-state index contributed by atoms with van der Waals surface area (Å²) in [5, 5.41) is 5.71. The van der Waals surface area contributed by atoms with Crippen LogP contribution in [0.4, 0.5) is 10.2 Å². The normalized spacial score (nSPS) is 24.4. The molecule has 2 rings (SSSR count). The summed E-state index contributed by atoms with van der Waals surface area (Å²) in [5.74, 6) is 0.160. The number of hydrogen-bond donors (Lipinski definition) is 2. The van der Waals surface area contributed by atoms with E-state index in [1.54, 1.807) is 18.2 Å². The third-order valence-corrected chi connectivity index (χ3v) is 9.94. The fourth-order valence-corrected chi connectivity index (χ4v) is 3.73. The second-order valence-corrected chi connectivity index (χ2v) is 13.8. The second-order valence-electron chi connectivity index (χ2n) is 8.17. The first-order valence-electron chi connectivity index (χ1n) is 8.42. The summed E-state index contributed by atoms with van der Waals surface area (Å²) in [7, 11) is -2.02. The van der Waals surface area contributed by atoms with E-state index in [4.69, 9.17) is 4.43 Å². The van der Waals surface area contributed by atoms with Crippen LogP contribution >= 0.6 is 15.9 Å². The average molecular weight is 432 g/mol. The van der Waals surface area contributed by atoms with Crippen LogP contribution in [0.25, 0.3) is 0 Å². The van der Waals surface area contributed by atoms with E-state index < -0.39 is 20.0 Å². The van der Waals surface area contributed by atoms with E-state index in [-0.39, 0.29) is 30.5 Å². The number of anilines is 1. The molecule has 25 heavy (non-hydrogen) atoms. The number of nitrogens with zero attached hydrogens (tertiary/aromatic N) is 1. The largest absolute Gasteiger partial charge is 0.414 e. The zero-order valence-electron chi connectivity index (χ0n) is 15.5. The molecule has 5 nitrogen and oxygen atoms in total. The van der Waals surface area contributed by atoms with Gasteiger partial charge in [-0.2, -0.15) is 0 Å². The molecule has 8 heteroatoms. The summed E-state index contributed by atoms with van der Waals surface area (Å²) in [5.41, 5.74) is -1.53. The Balaban J connectivity index is 1.92. The third-order valence-electron chi connectivity index (χ3n) is 5.02. The van der Waals surface area contributed by atoms with Gasteiger partial charge in [-0.3, -0.25) is 4.79 Å². The minimum atomic E-state index is -2.02. The van der Waals surface area contributed by atoms with Gasteiger partial charge in [0.25, 0.3) is 0 Å². The summed E-state index contributed by atoms with van der Waals surface area (Å²) >= 11 is 3.26. The standard InChI is InChI=1S/C17H27BrFN3O2Si/c1-16(2,3)25(4,5)24-11-17(19)9-12(20-10-17)15(23)22-14-8-6-7-13(18)21-14/h6-8,12,20H,9-11H2,1-5H3,(H,21,22,23)/t12-,17+/m0/s1. The zero-order valence-corrected chi connectivity index (χ0v) is 18.0. The zero-order chi connectivity index (χ0) is 18.9. The van der Waals surface area contributed by atoms with Crippen molar-refractivity contribution >= 4 is 36.0 Å². The Morgan fingerprint density at radius 1 is 1.52 bits per heavy atom. The molecule has 0 unspecified atom stereocenters. The smallest absolute Gasteiger partial charge is 0.242 e. The number of hydrogen-bond acceptors (Lipinski definition) is 4. The Morgan fingerprint density at radius 2 is 2.20 bits per heavy atom. The van der Waals surface area contributed by atoms with Crippen molar-refractivity contribution in [3.8, 4) is 0 Å². The van der Waals surface area contributed by atoms with Crippen LogP contribution in [0.15, 0.2) is 22.8 Å². The highest BCUT2D eigenvalue weighted by atomic mass is 79.9. The van der Waals surface area contributed by atoms with Crippen molar-refractivity contribution in [1.82, 2.24) is 10.3 Å². The molecule has 2 N–H and O–H groups in total. The van der Waals surface area contributed by atoms with Crippen LogP contribution in [0.1, 0.15) is 27.2 Å². The Hall–Kier alpha value is -0.833. The molecule has 1 saturated heterocycles. The fraction of sp³-hybridized carbons (Fsp3) is 0.647. The first-order chi connectivity index (χ1) is 11.4. The number of pyridine rings is 1. The quantitative estimate of drug-likeness (QED) is 0.548. The van der Waals surface area contributed by atoms with Crippen molar-refractivity contribution in [3.05, 3.63) is 22.8 Å². The third kappa shape index (κ3) is 5.32. The van der Waals surface area contributed by atoms with Gasteiger partial charge in [-0.05, 0) is 46.2 Å². The molecule has 0 spiro atoms. The number of aromatic nitrogens is 1.